The molecule has 0 radical (unpaired) electrons. The number of aliphatic hydroxyl groups is 1. The number of β-amino-alcohol motifs (C(OH)–C–C–N with tert-alkyl or cyclic N) is 1. The molecule has 3 heterocycles. The zero-order chi connectivity index (χ0) is 25.6. The van der Waals surface area contributed by atoms with Gasteiger partial charge in [0.1, 0.15) is 4.83 Å². The first-order valence-corrected chi connectivity index (χ1v) is 13.3. The monoisotopic (exact) mass is 505 g/mol. The molecule has 1 saturated heterocycles. The summed E-state index contributed by atoms with van der Waals surface area (Å²) in [6, 6.07) is 14.4. The number of carbonyl (C=O) groups excluding carboxylic acids is 1. The van der Waals surface area contributed by atoms with Crippen LogP contribution in [0.4, 0.5) is 0 Å². The highest BCUT2D eigenvalue weighted by molar-refractivity contribution is 7.19. The third-order valence-corrected chi connectivity index (χ3v) is 8.23. The van der Waals surface area contributed by atoms with Crippen molar-refractivity contribution in [3.63, 3.8) is 0 Å². The highest BCUT2D eigenvalue weighted by Crippen LogP contribution is 2.33. The van der Waals surface area contributed by atoms with Crippen molar-refractivity contribution in [2.45, 2.75) is 45.8 Å². The number of fused-ring (bicyclic) bond motifs is 2. The number of aromatic nitrogens is 2. The number of hydrogen-bond acceptors (Lipinski definition) is 5. The summed E-state index contributed by atoms with van der Waals surface area (Å²) < 4.78 is 2.75. The number of nitrogens with zero attached hydrogens (tertiary/aromatic N) is 3. The fourth-order valence-electron chi connectivity index (χ4n) is 5.15. The normalized spacial score (nSPS) is 16.0. The van der Waals surface area contributed by atoms with Gasteiger partial charge in [-0.05, 0) is 41.5 Å². The van der Waals surface area contributed by atoms with E-state index < -0.39 is 11.7 Å². The first-order chi connectivity index (χ1) is 17.3. The standard InChI is InChI=1S/C28H31N3O4S/c1-17(2)15-31-27-24(25(33)29(3)28(31)35)23(26(34)30-14-13-20(32)16-30)22(36-27)12-11-19-9-6-8-18-7-4-5-10-21(18)19/h4-10,17,20,32H,11-16H2,1-3H3/t20-/m1/s1. The van der Waals surface area contributed by atoms with Crippen molar-refractivity contribution in [2.75, 3.05) is 13.1 Å². The summed E-state index contributed by atoms with van der Waals surface area (Å²) >= 11 is 1.38. The zero-order valence-electron chi connectivity index (χ0n) is 20.9. The van der Waals surface area contributed by atoms with E-state index in [9.17, 15) is 19.5 Å². The van der Waals surface area contributed by atoms with Gasteiger partial charge in [-0.15, -0.1) is 11.3 Å². The Morgan fingerprint density at radius 1 is 1.11 bits per heavy atom. The van der Waals surface area contributed by atoms with E-state index in [-0.39, 0.29) is 24.1 Å². The summed E-state index contributed by atoms with van der Waals surface area (Å²) in [5, 5.41) is 12.7. The molecule has 8 heteroatoms. The Morgan fingerprint density at radius 2 is 1.86 bits per heavy atom. The summed E-state index contributed by atoms with van der Waals surface area (Å²) in [6.07, 6.45) is 1.24. The lowest BCUT2D eigenvalue weighted by atomic mass is 9.99. The maximum absolute atomic E-state index is 13.8. The molecule has 0 spiro atoms. The summed E-state index contributed by atoms with van der Waals surface area (Å²) in [6.45, 7) is 5.21. The van der Waals surface area contributed by atoms with Crippen molar-refractivity contribution in [3.05, 3.63) is 79.3 Å². The van der Waals surface area contributed by atoms with Gasteiger partial charge in [-0.2, -0.15) is 0 Å². The van der Waals surface area contributed by atoms with Crippen molar-refractivity contribution in [1.29, 1.82) is 0 Å². The lowest BCUT2D eigenvalue weighted by Gasteiger charge is -2.17. The van der Waals surface area contributed by atoms with Crippen LogP contribution in [0.15, 0.2) is 52.1 Å². The summed E-state index contributed by atoms with van der Waals surface area (Å²) in [5.41, 5.74) is 0.764. The smallest absolute Gasteiger partial charge is 0.331 e. The second-order valence-corrected chi connectivity index (χ2v) is 11.1. The van der Waals surface area contributed by atoms with Crippen LogP contribution in [0, 0.1) is 5.92 Å². The zero-order valence-corrected chi connectivity index (χ0v) is 21.7. The number of likely N-dealkylation sites (tertiary alicyclic amines) is 1. The van der Waals surface area contributed by atoms with Gasteiger partial charge < -0.3 is 10.0 Å². The maximum Gasteiger partial charge on any atom is 0.331 e. The average molecular weight is 506 g/mol. The molecule has 0 unspecified atom stereocenters. The number of hydrogen-bond donors (Lipinski definition) is 1. The van der Waals surface area contributed by atoms with Gasteiger partial charge in [-0.1, -0.05) is 56.3 Å². The van der Waals surface area contributed by atoms with E-state index in [1.807, 2.05) is 32.0 Å². The topological polar surface area (TPSA) is 84.5 Å². The number of thiophene rings is 1. The van der Waals surface area contributed by atoms with Crippen LogP contribution in [0.25, 0.3) is 21.0 Å². The van der Waals surface area contributed by atoms with Crippen molar-refractivity contribution in [1.82, 2.24) is 14.0 Å². The van der Waals surface area contributed by atoms with Gasteiger partial charge >= 0.3 is 5.69 Å². The van der Waals surface area contributed by atoms with Crippen molar-refractivity contribution < 1.29 is 9.90 Å². The number of rotatable bonds is 6. The fraction of sp³-hybridized carbons (Fsp3) is 0.393. The van der Waals surface area contributed by atoms with Crippen molar-refractivity contribution >= 4 is 38.2 Å². The van der Waals surface area contributed by atoms with E-state index >= 15 is 0 Å². The Balaban J connectivity index is 1.67. The van der Waals surface area contributed by atoms with E-state index in [1.54, 1.807) is 9.47 Å². The number of benzene rings is 2. The van der Waals surface area contributed by atoms with Gasteiger partial charge in [0, 0.05) is 31.6 Å². The molecule has 1 N–H and O–H groups in total. The molecule has 2 aromatic heterocycles. The first kappa shape index (κ1) is 24.5. The molecule has 5 rings (SSSR count). The Labute approximate surface area is 213 Å². The second kappa shape index (κ2) is 9.67. The molecular weight excluding hydrogens is 474 g/mol. The molecule has 4 aromatic rings. The molecule has 1 aliphatic rings. The molecular formula is C28H31N3O4S. The van der Waals surface area contributed by atoms with Crippen LogP contribution in [0.1, 0.15) is 41.1 Å². The van der Waals surface area contributed by atoms with Gasteiger partial charge in [0.25, 0.3) is 11.5 Å². The Morgan fingerprint density at radius 3 is 2.58 bits per heavy atom. The van der Waals surface area contributed by atoms with E-state index in [0.717, 1.165) is 14.8 Å². The number of amides is 1. The number of carbonyl (C=O) groups is 1. The molecule has 1 fully saturated rings. The van der Waals surface area contributed by atoms with Crippen LogP contribution >= 0.6 is 11.3 Å². The van der Waals surface area contributed by atoms with E-state index in [2.05, 4.69) is 24.3 Å². The number of aryl methyl sites for hydroxylation is 2. The van der Waals surface area contributed by atoms with Gasteiger partial charge in [0.05, 0.1) is 17.1 Å². The largest absolute Gasteiger partial charge is 0.391 e. The molecule has 1 aliphatic heterocycles. The molecule has 2 aromatic carbocycles. The summed E-state index contributed by atoms with van der Waals surface area (Å²) in [5.74, 6) is -0.0462. The average Bonchev–Trinajstić information content (AvgIpc) is 3.47. The third kappa shape index (κ3) is 4.29. The summed E-state index contributed by atoms with van der Waals surface area (Å²) in [4.78, 5) is 43.2. The SMILES string of the molecule is CC(C)Cn1c(=O)n(C)c(=O)c2c(C(=O)N3CC[C@@H](O)C3)c(CCc3cccc4ccccc34)sc21. The lowest BCUT2D eigenvalue weighted by molar-refractivity contribution is 0.0766. The van der Waals surface area contributed by atoms with Crippen LogP contribution in [0.5, 0.6) is 0 Å². The minimum Gasteiger partial charge on any atom is -0.391 e. The quantitative estimate of drug-likeness (QED) is 0.434. The van der Waals surface area contributed by atoms with Gasteiger partial charge in [0.2, 0.25) is 0 Å². The Kier molecular flexibility index (Phi) is 6.57. The van der Waals surface area contributed by atoms with Crippen molar-refractivity contribution in [3.8, 4) is 0 Å². The molecule has 36 heavy (non-hydrogen) atoms. The van der Waals surface area contributed by atoms with Gasteiger partial charge in [-0.3, -0.25) is 18.7 Å². The predicted octanol–water partition coefficient (Wildman–Crippen LogP) is 3.56. The Bertz CT molecular complexity index is 1570. The van der Waals surface area contributed by atoms with Crippen LogP contribution in [-0.2, 0) is 26.4 Å². The van der Waals surface area contributed by atoms with Crippen LogP contribution < -0.4 is 11.2 Å². The van der Waals surface area contributed by atoms with E-state index in [4.69, 9.17) is 0 Å². The molecule has 0 aliphatic carbocycles. The summed E-state index contributed by atoms with van der Waals surface area (Å²) in [7, 11) is 1.47. The molecule has 1 amide bonds. The van der Waals surface area contributed by atoms with Crippen LogP contribution in [0.2, 0.25) is 0 Å². The highest BCUT2D eigenvalue weighted by atomic mass is 32.1. The minimum atomic E-state index is -0.556. The van der Waals surface area contributed by atoms with E-state index in [0.29, 0.717) is 48.1 Å². The first-order valence-electron chi connectivity index (χ1n) is 12.5. The highest BCUT2D eigenvalue weighted by Gasteiger charge is 2.32. The lowest BCUT2D eigenvalue weighted by Crippen LogP contribution is -2.39. The van der Waals surface area contributed by atoms with E-state index in [1.165, 1.54) is 29.3 Å². The molecule has 188 valence electrons. The predicted molar refractivity (Wildman–Crippen MR) is 144 cm³/mol. The number of aliphatic hydroxyl groups excluding tert-OH is 1. The third-order valence-electron chi connectivity index (χ3n) is 6.96. The van der Waals surface area contributed by atoms with Crippen LogP contribution in [-0.4, -0.2) is 44.2 Å². The molecule has 1 atom stereocenters. The van der Waals surface area contributed by atoms with Gasteiger partial charge in [0.15, 0.2) is 0 Å². The van der Waals surface area contributed by atoms with Crippen LogP contribution in [0.3, 0.4) is 0 Å². The minimum absolute atomic E-state index is 0.192. The molecule has 7 nitrogen and oxygen atoms in total. The Hall–Kier alpha value is -3.23. The fourth-order valence-corrected chi connectivity index (χ4v) is 6.43. The molecule has 0 bridgehead atoms. The van der Waals surface area contributed by atoms with Gasteiger partial charge in [-0.25, -0.2) is 4.79 Å². The molecule has 0 saturated carbocycles. The second-order valence-electron chi connectivity index (χ2n) is 10.1. The maximum atomic E-state index is 13.8. The van der Waals surface area contributed by atoms with Crippen molar-refractivity contribution in [2.24, 2.45) is 13.0 Å².